The lowest BCUT2D eigenvalue weighted by Gasteiger charge is -2.61. The summed E-state index contributed by atoms with van der Waals surface area (Å²) in [7, 11) is 0. The highest BCUT2D eigenvalue weighted by molar-refractivity contribution is 5.10. The van der Waals surface area contributed by atoms with Gasteiger partial charge in [-0.2, -0.15) is 13.2 Å². The van der Waals surface area contributed by atoms with Crippen LogP contribution in [0, 0.1) is 58.2 Å². The van der Waals surface area contributed by atoms with Gasteiger partial charge in [-0.15, -0.1) is 11.8 Å². The highest BCUT2D eigenvalue weighted by atomic mass is 19.4. The minimum absolute atomic E-state index is 0.151. The number of hydrogen-bond donors (Lipinski definition) is 0. The second-order valence-electron chi connectivity index (χ2n) is 11.0. The van der Waals surface area contributed by atoms with Crippen LogP contribution in [0.3, 0.4) is 0 Å². The van der Waals surface area contributed by atoms with Crippen LogP contribution in [0.15, 0.2) is 0 Å². The summed E-state index contributed by atoms with van der Waals surface area (Å²) in [6, 6.07) is 0. The van der Waals surface area contributed by atoms with E-state index in [1.807, 2.05) is 6.92 Å². The molecule has 8 atom stereocenters. The Labute approximate surface area is 169 Å². The molecule has 0 heterocycles. The van der Waals surface area contributed by atoms with Gasteiger partial charge in [-0.1, -0.05) is 13.8 Å². The van der Waals surface area contributed by atoms with Gasteiger partial charge in [-0.05, 0) is 112 Å². The third-order valence-corrected chi connectivity index (χ3v) is 10.1. The highest BCUT2D eigenvalue weighted by Gasteiger charge is 2.61. The molecule has 3 heteroatoms. The smallest absolute Gasteiger partial charge is 0.171 e. The SMILES string of the molecule is CC#CCCC1CCC2C3CCC4CC(C(F)(F)F)CCC4(C)C3CCC12C. The Bertz CT molecular complexity index is 640. The summed E-state index contributed by atoms with van der Waals surface area (Å²) in [4.78, 5) is 0. The van der Waals surface area contributed by atoms with Gasteiger partial charge in [-0.3, -0.25) is 0 Å². The van der Waals surface area contributed by atoms with Crippen LogP contribution in [0.5, 0.6) is 0 Å². The van der Waals surface area contributed by atoms with Gasteiger partial charge in [0.15, 0.2) is 0 Å². The molecule has 28 heavy (non-hydrogen) atoms. The summed E-state index contributed by atoms with van der Waals surface area (Å²) >= 11 is 0. The van der Waals surface area contributed by atoms with Crippen molar-refractivity contribution in [3.63, 3.8) is 0 Å². The fourth-order valence-corrected chi connectivity index (χ4v) is 8.51. The van der Waals surface area contributed by atoms with Crippen molar-refractivity contribution >= 4 is 0 Å². The van der Waals surface area contributed by atoms with Crippen LogP contribution in [0.1, 0.15) is 91.4 Å². The summed E-state index contributed by atoms with van der Waals surface area (Å²) in [6.07, 6.45) is 7.23. The molecule has 0 amide bonds. The van der Waals surface area contributed by atoms with Crippen molar-refractivity contribution in [1.82, 2.24) is 0 Å². The van der Waals surface area contributed by atoms with Gasteiger partial charge in [0.1, 0.15) is 0 Å². The predicted octanol–water partition coefficient (Wildman–Crippen LogP) is 7.63. The van der Waals surface area contributed by atoms with Crippen LogP contribution in [-0.4, -0.2) is 6.18 Å². The van der Waals surface area contributed by atoms with Crippen molar-refractivity contribution < 1.29 is 13.2 Å². The zero-order valence-corrected chi connectivity index (χ0v) is 17.9. The first kappa shape index (κ1) is 20.6. The van der Waals surface area contributed by atoms with E-state index in [9.17, 15) is 13.2 Å². The molecule has 0 N–H and O–H groups in total. The van der Waals surface area contributed by atoms with E-state index >= 15 is 0 Å². The molecule has 0 aromatic rings. The fraction of sp³-hybridized carbons (Fsp3) is 0.920. The monoisotopic (exact) mass is 394 g/mol. The Hall–Kier alpha value is -0.650. The topological polar surface area (TPSA) is 0 Å². The van der Waals surface area contributed by atoms with E-state index in [1.165, 1.54) is 38.5 Å². The third-order valence-electron chi connectivity index (χ3n) is 10.1. The van der Waals surface area contributed by atoms with E-state index in [0.29, 0.717) is 24.2 Å². The average Bonchev–Trinajstić information content (AvgIpc) is 2.97. The van der Waals surface area contributed by atoms with E-state index in [1.54, 1.807) is 0 Å². The minimum Gasteiger partial charge on any atom is -0.171 e. The molecule has 0 spiro atoms. The molecule has 0 aromatic heterocycles. The standard InChI is InChI=1S/C25H37F3/c1-4-5-6-7-17-9-11-21-20-10-8-18-16-19(25(26,27)28)12-14-24(18,3)22(20)13-15-23(17,21)2/h17-22H,6-16H2,1-3H3. The molecule has 0 bridgehead atoms. The van der Waals surface area contributed by atoms with Gasteiger partial charge in [-0.25, -0.2) is 0 Å². The number of rotatable bonds is 2. The Balaban J connectivity index is 1.50. The number of halogens is 3. The number of hydrogen-bond acceptors (Lipinski definition) is 0. The zero-order valence-electron chi connectivity index (χ0n) is 17.9. The lowest BCUT2D eigenvalue weighted by Crippen LogP contribution is -2.54. The quantitative estimate of drug-likeness (QED) is 0.422. The summed E-state index contributed by atoms with van der Waals surface area (Å²) in [5, 5.41) is 0. The van der Waals surface area contributed by atoms with Crippen molar-refractivity contribution in [3.8, 4) is 11.8 Å². The van der Waals surface area contributed by atoms with Crippen LogP contribution < -0.4 is 0 Å². The molecule has 0 aromatic carbocycles. The van der Waals surface area contributed by atoms with Crippen LogP contribution in [0.4, 0.5) is 13.2 Å². The van der Waals surface area contributed by atoms with Crippen molar-refractivity contribution in [3.05, 3.63) is 0 Å². The molecule has 0 aliphatic heterocycles. The maximum atomic E-state index is 13.3. The maximum Gasteiger partial charge on any atom is 0.391 e. The normalized spacial score (nSPS) is 48.1. The number of fused-ring (bicyclic) bond motifs is 5. The molecule has 0 nitrogen and oxygen atoms in total. The van der Waals surface area contributed by atoms with Gasteiger partial charge in [0.25, 0.3) is 0 Å². The Morgan fingerprint density at radius 1 is 0.893 bits per heavy atom. The van der Waals surface area contributed by atoms with Crippen LogP contribution in [0.25, 0.3) is 0 Å². The molecule has 4 aliphatic rings. The van der Waals surface area contributed by atoms with Crippen LogP contribution in [-0.2, 0) is 0 Å². The molecule has 0 radical (unpaired) electrons. The molecule has 8 unspecified atom stereocenters. The largest absolute Gasteiger partial charge is 0.391 e. The van der Waals surface area contributed by atoms with Gasteiger partial charge in [0, 0.05) is 6.42 Å². The summed E-state index contributed by atoms with van der Waals surface area (Å²) in [5.74, 6) is 8.55. The fourth-order valence-electron chi connectivity index (χ4n) is 8.51. The molecule has 0 saturated heterocycles. The van der Waals surface area contributed by atoms with Gasteiger partial charge in [0.05, 0.1) is 5.92 Å². The van der Waals surface area contributed by atoms with Crippen molar-refractivity contribution in [2.75, 3.05) is 0 Å². The molecule has 4 aliphatic carbocycles. The van der Waals surface area contributed by atoms with Crippen LogP contribution >= 0.6 is 0 Å². The first-order valence-corrected chi connectivity index (χ1v) is 11.7. The Kier molecular flexibility index (Phi) is 5.33. The Morgan fingerprint density at radius 2 is 1.61 bits per heavy atom. The average molecular weight is 395 g/mol. The molecule has 4 rings (SSSR count). The van der Waals surface area contributed by atoms with Crippen LogP contribution in [0.2, 0.25) is 0 Å². The molecular formula is C25H37F3. The van der Waals surface area contributed by atoms with Crippen molar-refractivity contribution in [1.29, 1.82) is 0 Å². The van der Waals surface area contributed by atoms with Gasteiger partial charge < -0.3 is 0 Å². The third kappa shape index (κ3) is 3.22. The van der Waals surface area contributed by atoms with E-state index in [-0.39, 0.29) is 11.3 Å². The van der Waals surface area contributed by atoms with E-state index in [4.69, 9.17) is 0 Å². The highest BCUT2D eigenvalue weighted by Crippen LogP contribution is 2.68. The second-order valence-corrected chi connectivity index (χ2v) is 11.0. The lowest BCUT2D eigenvalue weighted by atomic mass is 9.44. The maximum absolute atomic E-state index is 13.3. The zero-order chi connectivity index (χ0) is 20.2. The molecular weight excluding hydrogens is 357 g/mol. The second kappa shape index (κ2) is 7.24. The number of alkyl halides is 3. The summed E-state index contributed by atoms with van der Waals surface area (Å²) < 4.78 is 40.0. The predicted molar refractivity (Wildman–Crippen MR) is 107 cm³/mol. The molecule has 158 valence electrons. The van der Waals surface area contributed by atoms with E-state index in [0.717, 1.165) is 37.0 Å². The lowest BCUT2D eigenvalue weighted by molar-refractivity contribution is -0.208. The Morgan fingerprint density at radius 3 is 2.32 bits per heavy atom. The van der Waals surface area contributed by atoms with Crippen molar-refractivity contribution in [2.45, 2.75) is 97.6 Å². The summed E-state index contributed by atoms with van der Waals surface area (Å²) in [6.45, 7) is 6.84. The first-order valence-electron chi connectivity index (χ1n) is 11.7. The molecule has 4 fully saturated rings. The summed E-state index contributed by atoms with van der Waals surface area (Å²) in [5.41, 5.74) is 0.598. The first-order chi connectivity index (χ1) is 13.2. The minimum atomic E-state index is -4.00. The van der Waals surface area contributed by atoms with Crippen molar-refractivity contribution in [2.24, 2.45) is 46.3 Å². The molecule has 4 saturated carbocycles. The van der Waals surface area contributed by atoms with E-state index < -0.39 is 12.1 Å². The van der Waals surface area contributed by atoms with Gasteiger partial charge in [0.2, 0.25) is 0 Å². The van der Waals surface area contributed by atoms with Gasteiger partial charge >= 0.3 is 6.18 Å². The van der Waals surface area contributed by atoms with E-state index in [2.05, 4.69) is 25.7 Å².